The maximum atomic E-state index is 12.6. The highest BCUT2D eigenvalue weighted by atomic mass is 79.9. The average Bonchev–Trinajstić information content (AvgIpc) is 3.32. The number of nitrogens with zero attached hydrogens (tertiary/aromatic N) is 3. The van der Waals surface area contributed by atoms with Gasteiger partial charge in [0.1, 0.15) is 18.1 Å². The minimum Gasteiger partial charge on any atom is -0.486 e. The highest BCUT2D eigenvalue weighted by molar-refractivity contribution is 9.10. The molecule has 2 aromatic heterocycles. The molecule has 2 heterocycles. The fourth-order valence-electron chi connectivity index (χ4n) is 2.70. The third-order valence-electron chi connectivity index (χ3n) is 4.36. The molecule has 3 aromatic rings. The van der Waals surface area contributed by atoms with Crippen LogP contribution in [0.3, 0.4) is 0 Å². The lowest BCUT2D eigenvalue weighted by Crippen LogP contribution is -2.26. The monoisotopic (exact) mass is 459 g/mol. The van der Waals surface area contributed by atoms with E-state index >= 15 is 0 Å². The number of carbonyl (C=O) groups excluding carboxylic acids is 2. The third-order valence-corrected chi connectivity index (χ3v) is 5.02. The van der Waals surface area contributed by atoms with Crippen LogP contribution in [0.4, 0.5) is 0 Å². The summed E-state index contributed by atoms with van der Waals surface area (Å²) in [4.78, 5) is 25.5. The Kier molecular flexibility index (Phi) is 6.53. The number of benzene rings is 1. The summed E-state index contributed by atoms with van der Waals surface area (Å²) in [6.45, 7) is 4.82. The van der Waals surface area contributed by atoms with Gasteiger partial charge in [0.2, 0.25) is 0 Å². The average molecular weight is 460 g/mol. The van der Waals surface area contributed by atoms with E-state index in [1.165, 1.54) is 6.92 Å². The molecule has 0 unspecified atom stereocenters. The summed E-state index contributed by atoms with van der Waals surface area (Å²) in [6, 6.07) is 10.2. The lowest BCUT2D eigenvalue weighted by molar-refractivity contribution is 0.0747. The molecule has 0 radical (unpaired) electrons. The second-order valence-electron chi connectivity index (χ2n) is 6.58. The van der Waals surface area contributed by atoms with E-state index in [1.807, 2.05) is 17.8 Å². The molecule has 1 aromatic carbocycles. The van der Waals surface area contributed by atoms with Crippen molar-refractivity contribution >= 4 is 27.6 Å². The van der Waals surface area contributed by atoms with Crippen LogP contribution >= 0.6 is 15.9 Å². The van der Waals surface area contributed by atoms with Gasteiger partial charge in [-0.05, 0) is 66.2 Å². The van der Waals surface area contributed by atoms with E-state index in [2.05, 4.69) is 21.0 Å². The van der Waals surface area contributed by atoms with Crippen molar-refractivity contribution in [3.63, 3.8) is 0 Å². The van der Waals surface area contributed by atoms with Crippen molar-refractivity contribution < 1.29 is 18.7 Å². The van der Waals surface area contributed by atoms with E-state index in [9.17, 15) is 9.59 Å². The van der Waals surface area contributed by atoms with Crippen LogP contribution in [0.25, 0.3) is 0 Å². The van der Waals surface area contributed by atoms with Gasteiger partial charge in [-0.3, -0.25) is 14.3 Å². The third kappa shape index (κ3) is 5.14. The number of rotatable bonds is 8. The Balaban J connectivity index is 1.58. The number of Topliss-reactive ketones (excluding diaryl/α,β-unsaturated/α-hetero) is 1. The highest BCUT2D eigenvalue weighted by Gasteiger charge is 2.19. The summed E-state index contributed by atoms with van der Waals surface area (Å²) in [5.41, 5.74) is 1.41. The largest absolute Gasteiger partial charge is 0.486 e. The maximum Gasteiger partial charge on any atom is 0.289 e. The molecule has 0 N–H and O–H groups in total. The normalized spacial score (nSPS) is 10.8. The number of amides is 1. The number of ketones is 1. The Hall–Kier alpha value is -2.87. The number of hydrogen-bond acceptors (Lipinski definition) is 5. The van der Waals surface area contributed by atoms with E-state index in [0.29, 0.717) is 23.6 Å². The van der Waals surface area contributed by atoms with Crippen LogP contribution in [0.2, 0.25) is 0 Å². The molecule has 0 aliphatic heterocycles. The number of aromatic nitrogens is 2. The van der Waals surface area contributed by atoms with Crippen LogP contribution in [0.15, 0.2) is 51.5 Å². The fourth-order valence-corrected chi connectivity index (χ4v) is 3.14. The van der Waals surface area contributed by atoms with Crippen molar-refractivity contribution in [2.75, 3.05) is 7.05 Å². The van der Waals surface area contributed by atoms with Gasteiger partial charge in [0.05, 0.1) is 16.7 Å². The second kappa shape index (κ2) is 9.09. The zero-order valence-electron chi connectivity index (χ0n) is 16.5. The highest BCUT2D eigenvalue weighted by Crippen LogP contribution is 2.19. The molecule has 7 nitrogen and oxygen atoms in total. The lowest BCUT2D eigenvalue weighted by atomic mass is 10.1. The number of hydrogen-bond donors (Lipinski definition) is 0. The molecule has 0 aliphatic carbocycles. The molecule has 0 bridgehead atoms. The van der Waals surface area contributed by atoms with Gasteiger partial charge in [-0.1, -0.05) is 0 Å². The summed E-state index contributed by atoms with van der Waals surface area (Å²) in [6.07, 6.45) is 1.89. The molecule has 0 aliphatic rings. The van der Waals surface area contributed by atoms with E-state index in [4.69, 9.17) is 9.15 Å². The molecule has 29 heavy (non-hydrogen) atoms. The molecule has 0 saturated heterocycles. The minimum absolute atomic E-state index is 0.00310. The van der Waals surface area contributed by atoms with Crippen LogP contribution in [0.1, 0.15) is 46.2 Å². The van der Waals surface area contributed by atoms with Gasteiger partial charge in [0.25, 0.3) is 5.91 Å². The van der Waals surface area contributed by atoms with Gasteiger partial charge in [0.15, 0.2) is 11.5 Å². The van der Waals surface area contributed by atoms with Gasteiger partial charge in [-0.2, -0.15) is 5.10 Å². The molecule has 0 fully saturated rings. The Morgan fingerprint density at radius 2 is 1.93 bits per heavy atom. The molecule has 3 rings (SSSR count). The quantitative estimate of drug-likeness (QED) is 0.468. The van der Waals surface area contributed by atoms with E-state index in [-0.39, 0.29) is 24.1 Å². The molecule has 1 amide bonds. The van der Waals surface area contributed by atoms with Gasteiger partial charge < -0.3 is 14.1 Å². The Morgan fingerprint density at radius 1 is 1.21 bits per heavy atom. The summed E-state index contributed by atoms with van der Waals surface area (Å²) in [7, 11) is 1.70. The van der Waals surface area contributed by atoms with Crippen molar-refractivity contribution in [2.24, 2.45) is 0 Å². The first-order chi connectivity index (χ1) is 13.9. The van der Waals surface area contributed by atoms with Crippen LogP contribution in [-0.4, -0.2) is 33.4 Å². The summed E-state index contributed by atoms with van der Waals surface area (Å²) in [5, 5.41) is 4.43. The van der Waals surface area contributed by atoms with Gasteiger partial charge >= 0.3 is 0 Å². The summed E-state index contributed by atoms with van der Waals surface area (Å²) >= 11 is 3.47. The van der Waals surface area contributed by atoms with E-state index in [0.717, 1.165) is 16.7 Å². The standard InChI is InChI=1S/C21H22BrN3O4/c1-4-25-11-18(22)19(23-25)12-24(3)21(27)20-10-9-17(29-20)13-28-16-7-5-15(6-8-16)14(2)26/h5-11H,4,12-13H2,1-3H3. The van der Waals surface area contributed by atoms with Crippen molar-refractivity contribution in [2.45, 2.75) is 33.5 Å². The number of ether oxygens (including phenoxy) is 1. The van der Waals surface area contributed by atoms with Gasteiger partial charge in [-0.15, -0.1) is 0 Å². The van der Waals surface area contributed by atoms with Gasteiger partial charge in [0, 0.05) is 25.4 Å². The minimum atomic E-state index is -0.236. The smallest absolute Gasteiger partial charge is 0.289 e. The molecule has 0 spiro atoms. The van der Waals surface area contributed by atoms with Crippen molar-refractivity contribution in [1.29, 1.82) is 0 Å². The topological polar surface area (TPSA) is 77.6 Å². The lowest BCUT2D eigenvalue weighted by Gasteiger charge is -2.14. The first-order valence-electron chi connectivity index (χ1n) is 9.17. The van der Waals surface area contributed by atoms with Crippen LogP contribution in [-0.2, 0) is 19.7 Å². The van der Waals surface area contributed by atoms with Crippen LogP contribution in [0.5, 0.6) is 5.75 Å². The summed E-state index contributed by atoms with van der Waals surface area (Å²) < 4.78 is 14.0. The SMILES string of the molecule is CCn1cc(Br)c(CN(C)C(=O)c2ccc(COc3ccc(C(C)=O)cc3)o2)n1. The zero-order valence-corrected chi connectivity index (χ0v) is 18.1. The predicted molar refractivity (Wildman–Crippen MR) is 111 cm³/mol. The Bertz CT molecular complexity index is 1010. The second-order valence-corrected chi connectivity index (χ2v) is 7.43. The molecular formula is C21H22BrN3O4. The van der Waals surface area contributed by atoms with Crippen molar-refractivity contribution in [1.82, 2.24) is 14.7 Å². The van der Waals surface area contributed by atoms with E-state index in [1.54, 1.807) is 48.3 Å². The van der Waals surface area contributed by atoms with Crippen molar-refractivity contribution in [3.8, 4) is 5.75 Å². The van der Waals surface area contributed by atoms with Crippen LogP contribution in [0, 0.1) is 0 Å². The number of aryl methyl sites for hydroxylation is 1. The number of furan rings is 1. The molecular weight excluding hydrogens is 438 g/mol. The summed E-state index contributed by atoms with van der Waals surface area (Å²) in [5.74, 6) is 1.16. The van der Waals surface area contributed by atoms with Gasteiger partial charge in [-0.25, -0.2) is 0 Å². The molecule has 8 heteroatoms. The number of carbonyl (C=O) groups is 2. The molecule has 0 atom stereocenters. The Labute approximate surface area is 177 Å². The molecule has 0 saturated carbocycles. The van der Waals surface area contributed by atoms with Crippen LogP contribution < -0.4 is 4.74 Å². The zero-order chi connectivity index (χ0) is 21.0. The number of halogens is 1. The predicted octanol–water partition coefficient (Wildman–Crippen LogP) is 4.31. The van der Waals surface area contributed by atoms with E-state index < -0.39 is 0 Å². The first kappa shape index (κ1) is 20.9. The first-order valence-corrected chi connectivity index (χ1v) is 9.96. The van der Waals surface area contributed by atoms with Crippen molar-refractivity contribution in [3.05, 3.63) is 69.8 Å². The maximum absolute atomic E-state index is 12.6. The molecule has 152 valence electrons. The Morgan fingerprint density at radius 3 is 2.55 bits per heavy atom. The fraction of sp³-hybridized carbons (Fsp3) is 0.286.